The SMILES string of the molecule is N#CC(OCCO)c1cccc(C(F)F)c1. The number of aliphatic hydroxyl groups is 1. The van der Waals surface area contributed by atoms with Gasteiger partial charge in [-0.05, 0) is 11.6 Å². The first kappa shape index (κ1) is 12.6. The fraction of sp³-hybridized carbons (Fsp3) is 0.364. The summed E-state index contributed by atoms with van der Waals surface area (Å²) < 4.78 is 29.8. The summed E-state index contributed by atoms with van der Waals surface area (Å²) in [6, 6.07) is 7.35. The number of hydrogen-bond acceptors (Lipinski definition) is 3. The minimum absolute atomic E-state index is 0.00284. The van der Waals surface area contributed by atoms with Crippen molar-refractivity contribution in [1.29, 1.82) is 5.26 Å². The highest BCUT2D eigenvalue weighted by molar-refractivity contribution is 5.28. The lowest BCUT2D eigenvalue weighted by Gasteiger charge is -2.11. The molecule has 0 amide bonds. The summed E-state index contributed by atoms with van der Waals surface area (Å²) in [5, 5.41) is 17.3. The van der Waals surface area contributed by atoms with Crippen LogP contribution in [0.3, 0.4) is 0 Å². The number of ether oxygens (including phenoxy) is 1. The molecule has 0 aliphatic rings. The molecule has 1 aromatic rings. The van der Waals surface area contributed by atoms with E-state index >= 15 is 0 Å². The van der Waals surface area contributed by atoms with Crippen LogP contribution >= 0.6 is 0 Å². The van der Waals surface area contributed by atoms with Crippen LogP contribution in [-0.4, -0.2) is 18.3 Å². The Labute approximate surface area is 91.9 Å². The average molecular weight is 227 g/mol. The maximum atomic E-state index is 12.4. The molecule has 0 saturated carbocycles. The van der Waals surface area contributed by atoms with Crippen LogP contribution in [0.5, 0.6) is 0 Å². The van der Waals surface area contributed by atoms with Crippen molar-refractivity contribution >= 4 is 0 Å². The molecule has 0 spiro atoms. The Morgan fingerprint density at radius 1 is 1.38 bits per heavy atom. The quantitative estimate of drug-likeness (QED) is 0.838. The number of nitriles is 1. The lowest BCUT2D eigenvalue weighted by Crippen LogP contribution is -2.06. The van der Waals surface area contributed by atoms with Gasteiger partial charge in [0.2, 0.25) is 0 Å². The summed E-state index contributed by atoms with van der Waals surface area (Å²) in [7, 11) is 0. The topological polar surface area (TPSA) is 53.2 Å². The summed E-state index contributed by atoms with van der Waals surface area (Å²) in [5.41, 5.74) is 0.221. The van der Waals surface area contributed by atoms with Crippen molar-refractivity contribution in [3.8, 4) is 6.07 Å². The van der Waals surface area contributed by atoms with Crippen molar-refractivity contribution in [1.82, 2.24) is 0 Å². The Balaban J connectivity index is 2.85. The third kappa shape index (κ3) is 3.26. The number of rotatable bonds is 5. The Bertz CT molecular complexity index is 376. The minimum atomic E-state index is -2.57. The van der Waals surface area contributed by atoms with Gasteiger partial charge in [0.15, 0.2) is 6.10 Å². The van der Waals surface area contributed by atoms with E-state index in [0.717, 1.165) is 0 Å². The molecule has 0 fully saturated rings. The summed E-state index contributed by atoms with van der Waals surface area (Å²) in [6.45, 7) is -0.218. The smallest absolute Gasteiger partial charge is 0.263 e. The number of aliphatic hydroxyl groups excluding tert-OH is 1. The second kappa shape index (κ2) is 6.16. The van der Waals surface area contributed by atoms with Crippen LogP contribution < -0.4 is 0 Å². The Morgan fingerprint density at radius 3 is 2.62 bits per heavy atom. The van der Waals surface area contributed by atoms with Gasteiger partial charge in [-0.25, -0.2) is 8.78 Å². The molecule has 0 saturated heterocycles. The Kier molecular flexibility index (Phi) is 4.83. The largest absolute Gasteiger partial charge is 0.394 e. The van der Waals surface area contributed by atoms with Crippen LogP contribution in [-0.2, 0) is 4.74 Å². The molecular formula is C11H11F2NO2. The molecule has 0 radical (unpaired) electrons. The van der Waals surface area contributed by atoms with Crippen molar-refractivity contribution in [3.05, 3.63) is 35.4 Å². The van der Waals surface area contributed by atoms with Gasteiger partial charge in [-0.15, -0.1) is 0 Å². The van der Waals surface area contributed by atoms with Gasteiger partial charge in [0.1, 0.15) is 0 Å². The number of halogens is 2. The van der Waals surface area contributed by atoms with E-state index in [9.17, 15) is 8.78 Å². The maximum absolute atomic E-state index is 12.4. The summed E-state index contributed by atoms with van der Waals surface area (Å²) in [4.78, 5) is 0. The first-order chi connectivity index (χ1) is 7.69. The van der Waals surface area contributed by atoms with Crippen LogP contribution in [0.1, 0.15) is 23.7 Å². The van der Waals surface area contributed by atoms with E-state index in [1.165, 1.54) is 24.3 Å². The van der Waals surface area contributed by atoms with Crippen LogP contribution in [0.15, 0.2) is 24.3 Å². The Hall–Kier alpha value is -1.51. The summed E-state index contributed by atoms with van der Waals surface area (Å²) in [5.74, 6) is 0. The zero-order valence-corrected chi connectivity index (χ0v) is 8.44. The first-order valence-electron chi connectivity index (χ1n) is 4.69. The molecule has 0 aromatic heterocycles. The standard InChI is InChI=1S/C11H11F2NO2/c12-11(13)9-3-1-2-8(6-9)10(7-14)16-5-4-15/h1-3,6,10-11,15H,4-5H2. The lowest BCUT2D eigenvalue weighted by molar-refractivity contribution is 0.0579. The number of hydrogen-bond donors (Lipinski definition) is 1. The molecule has 86 valence electrons. The molecule has 0 heterocycles. The molecule has 0 bridgehead atoms. The number of benzene rings is 1. The molecule has 1 unspecified atom stereocenters. The zero-order chi connectivity index (χ0) is 12.0. The first-order valence-corrected chi connectivity index (χ1v) is 4.69. The minimum Gasteiger partial charge on any atom is -0.394 e. The fourth-order valence-corrected chi connectivity index (χ4v) is 1.24. The van der Waals surface area contributed by atoms with Gasteiger partial charge in [-0.2, -0.15) is 5.26 Å². The molecule has 1 aromatic carbocycles. The average Bonchev–Trinajstić information content (AvgIpc) is 2.30. The van der Waals surface area contributed by atoms with Crippen LogP contribution in [0.4, 0.5) is 8.78 Å². The van der Waals surface area contributed by atoms with Crippen molar-refractivity contribution in [2.45, 2.75) is 12.5 Å². The highest BCUT2D eigenvalue weighted by atomic mass is 19.3. The highest BCUT2D eigenvalue weighted by Crippen LogP contribution is 2.23. The van der Waals surface area contributed by atoms with E-state index in [1.807, 2.05) is 6.07 Å². The van der Waals surface area contributed by atoms with Crippen molar-refractivity contribution < 1.29 is 18.6 Å². The van der Waals surface area contributed by atoms with Crippen molar-refractivity contribution in [3.63, 3.8) is 0 Å². The highest BCUT2D eigenvalue weighted by Gasteiger charge is 2.13. The Morgan fingerprint density at radius 2 is 2.06 bits per heavy atom. The number of alkyl halides is 2. The van der Waals surface area contributed by atoms with E-state index in [2.05, 4.69) is 0 Å². The van der Waals surface area contributed by atoms with E-state index in [4.69, 9.17) is 15.1 Å². The van der Waals surface area contributed by atoms with Gasteiger partial charge in [0.05, 0.1) is 19.3 Å². The predicted molar refractivity (Wildman–Crippen MR) is 52.8 cm³/mol. The van der Waals surface area contributed by atoms with Gasteiger partial charge in [0, 0.05) is 5.56 Å². The van der Waals surface area contributed by atoms with E-state index in [1.54, 1.807) is 0 Å². The van der Waals surface area contributed by atoms with Gasteiger partial charge in [0.25, 0.3) is 6.43 Å². The van der Waals surface area contributed by atoms with Crippen LogP contribution in [0.2, 0.25) is 0 Å². The summed E-state index contributed by atoms with van der Waals surface area (Å²) in [6.07, 6.45) is -3.50. The summed E-state index contributed by atoms with van der Waals surface area (Å²) >= 11 is 0. The van der Waals surface area contributed by atoms with Crippen LogP contribution in [0, 0.1) is 11.3 Å². The van der Waals surface area contributed by atoms with Gasteiger partial charge < -0.3 is 9.84 Å². The van der Waals surface area contributed by atoms with Crippen molar-refractivity contribution in [2.24, 2.45) is 0 Å². The zero-order valence-electron chi connectivity index (χ0n) is 8.44. The fourth-order valence-electron chi connectivity index (χ4n) is 1.24. The van der Waals surface area contributed by atoms with Gasteiger partial charge in [-0.3, -0.25) is 0 Å². The van der Waals surface area contributed by atoms with E-state index < -0.39 is 12.5 Å². The van der Waals surface area contributed by atoms with Gasteiger partial charge in [-0.1, -0.05) is 18.2 Å². The van der Waals surface area contributed by atoms with E-state index in [-0.39, 0.29) is 18.8 Å². The molecule has 1 atom stereocenters. The third-order valence-corrected chi connectivity index (χ3v) is 1.96. The molecule has 0 aliphatic carbocycles. The van der Waals surface area contributed by atoms with Crippen molar-refractivity contribution in [2.75, 3.05) is 13.2 Å². The normalized spacial score (nSPS) is 12.4. The molecule has 3 nitrogen and oxygen atoms in total. The van der Waals surface area contributed by atoms with Crippen LogP contribution in [0.25, 0.3) is 0 Å². The number of nitrogens with zero attached hydrogens (tertiary/aromatic N) is 1. The monoisotopic (exact) mass is 227 g/mol. The maximum Gasteiger partial charge on any atom is 0.263 e. The van der Waals surface area contributed by atoms with E-state index in [0.29, 0.717) is 5.56 Å². The second-order valence-electron chi connectivity index (χ2n) is 3.07. The third-order valence-electron chi connectivity index (χ3n) is 1.96. The molecule has 1 rings (SSSR count). The predicted octanol–water partition coefficient (Wildman–Crippen LogP) is 2.20. The lowest BCUT2D eigenvalue weighted by atomic mass is 10.1. The second-order valence-corrected chi connectivity index (χ2v) is 3.07. The molecule has 5 heteroatoms. The molecule has 16 heavy (non-hydrogen) atoms. The molecule has 1 N–H and O–H groups in total. The van der Waals surface area contributed by atoms with Gasteiger partial charge >= 0.3 is 0 Å². The molecule has 0 aliphatic heterocycles. The molecular weight excluding hydrogens is 216 g/mol.